The fourth-order valence-corrected chi connectivity index (χ4v) is 3.86. The number of nitrogens with one attached hydrogen (secondary N) is 1. The van der Waals surface area contributed by atoms with Crippen molar-refractivity contribution in [3.8, 4) is 0 Å². The van der Waals surface area contributed by atoms with Crippen LogP contribution < -0.4 is 5.32 Å². The lowest BCUT2D eigenvalue weighted by Gasteiger charge is -2.34. The third-order valence-electron chi connectivity index (χ3n) is 5.12. The van der Waals surface area contributed by atoms with Crippen molar-refractivity contribution in [2.45, 2.75) is 78.3 Å². The number of unbranched alkanes of at least 4 members (excludes halogenated alkanes) is 1. The van der Waals surface area contributed by atoms with Crippen LogP contribution in [-0.4, -0.2) is 16.1 Å². The molecule has 3 heteroatoms. The summed E-state index contributed by atoms with van der Waals surface area (Å²) in [6, 6.07) is 0.442. The number of hydrogen-bond donors (Lipinski definition) is 1. The molecule has 1 heterocycles. The summed E-state index contributed by atoms with van der Waals surface area (Å²) in [6.07, 6.45) is 13.8. The number of aryl methyl sites for hydroxylation is 1. The molecule has 1 aromatic rings. The lowest BCUT2D eigenvalue weighted by molar-refractivity contribution is 0.207. The second-order valence-electron chi connectivity index (χ2n) is 6.53. The highest BCUT2D eigenvalue weighted by Crippen LogP contribution is 2.38. The number of aromatic nitrogens is 2. The molecule has 3 nitrogen and oxygen atoms in total. The van der Waals surface area contributed by atoms with E-state index >= 15 is 0 Å². The average Bonchev–Trinajstić information content (AvgIpc) is 2.99. The largest absolute Gasteiger partial charge is 0.334 e. The van der Waals surface area contributed by atoms with Crippen molar-refractivity contribution in [3.63, 3.8) is 0 Å². The Hall–Kier alpha value is -0.830. The summed E-state index contributed by atoms with van der Waals surface area (Å²) in [7, 11) is 0. The number of nitrogens with zero attached hydrogens (tertiary/aromatic N) is 2. The Morgan fingerprint density at radius 2 is 2.00 bits per heavy atom. The van der Waals surface area contributed by atoms with Crippen LogP contribution in [0.15, 0.2) is 12.4 Å². The Balaban J connectivity index is 1.97. The molecule has 0 amide bonds. The van der Waals surface area contributed by atoms with Gasteiger partial charge in [-0.1, -0.05) is 46.0 Å². The SMILES string of the molecule is CCCCC1CCC(C(NCC)c2nccn2CC)CC1. The molecule has 1 aliphatic rings. The first kappa shape index (κ1) is 16.5. The molecule has 1 N–H and O–H groups in total. The van der Waals surface area contributed by atoms with Gasteiger partial charge in [0.25, 0.3) is 0 Å². The maximum Gasteiger partial charge on any atom is 0.126 e. The van der Waals surface area contributed by atoms with E-state index in [0.29, 0.717) is 6.04 Å². The van der Waals surface area contributed by atoms with Gasteiger partial charge in [0.2, 0.25) is 0 Å². The van der Waals surface area contributed by atoms with Crippen LogP contribution in [0, 0.1) is 11.8 Å². The average molecular weight is 291 g/mol. The first-order valence-corrected chi connectivity index (χ1v) is 9.04. The molecule has 0 bridgehead atoms. The Labute approximate surface area is 130 Å². The van der Waals surface area contributed by atoms with E-state index in [-0.39, 0.29) is 0 Å². The zero-order chi connectivity index (χ0) is 15.1. The maximum absolute atomic E-state index is 4.65. The summed E-state index contributed by atoms with van der Waals surface area (Å²) in [6.45, 7) is 8.76. The van der Waals surface area contributed by atoms with E-state index in [9.17, 15) is 0 Å². The van der Waals surface area contributed by atoms with Crippen molar-refractivity contribution in [1.29, 1.82) is 0 Å². The first-order valence-electron chi connectivity index (χ1n) is 9.04. The molecule has 1 aromatic heterocycles. The van der Waals surface area contributed by atoms with Crippen molar-refractivity contribution < 1.29 is 0 Å². The molecule has 1 saturated carbocycles. The molecule has 21 heavy (non-hydrogen) atoms. The fourth-order valence-electron chi connectivity index (χ4n) is 3.86. The fraction of sp³-hybridized carbons (Fsp3) is 0.833. The monoisotopic (exact) mass is 291 g/mol. The molecule has 0 saturated heterocycles. The molecule has 0 aromatic carbocycles. The van der Waals surface area contributed by atoms with Gasteiger partial charge in [0.05, 0.1) is 6.04 Å². The van der Waals surface area contributed by atoms with Gasteiger partial charge < -0.3 is 9.88 Å². The minimum Gasteiger partial charge on any atom is -0.334 e. The molecule has 1 aliphatic carbocycles. The van der Waals surface area contributed by atoms with Crippen LogP contribution in [0.25, 0.3) is 0 Å². The van der Waals surface area contributed by atoms with Gasteiger partial charge in [0.15, 0.2) is 0 Å². The Kier molecular flexibility index (Phi) is 6.75. The van der Waals surface area contributed by atoms with Crippen molar-refractivity contribution in [3.05, 3.63) is 18.2 Å². The van der Waals surface area contributed by atoms with E-state index in [4.69, 9.17) is 0 Å². The number of imidazole rings is 1. The Morgan fingerprint density at radius 3 is 2.62 bits per heavy atom. The van der Waals surface area contributed by atoms with Gasteiger partial charge in [-0.3, -0.25) is 0 Å². The van der Waals surface area contributed by atoms with Crippen LogP contribution in [0.5, 0.6) is 0 Å². The molecule has 1 unspecified atom stereocenters. The minimum absolute atomic E-state index is 0.442. The van der Waals surface area contributed by atoms with Crippen molar-refractivity contribution in [2.75, 3.05) is 6.54 Å². The van der Waals surface area contributed by atoms with E-state index in [2.05, 4.69) is 41.8 Å². The van der Waals surface area contributed by atoms with Gasteiger partial charge in [0.1, 0.15) is 5.82 Å². The minimum atomic E-state index is 0.442. The van der Waals surface area contributed by atoms with Crippen LogP contribution >= 0.6 is 0 Å². The second kappa shape index (κ2) is 8.57. The lowest BCUT2D eigenvalue weighted by Crippen LogP contribution is -2.33. The third kappa shape index (κ3) is 4.32. The van der Waals surface area contributed by atoms with Crippen molar-refractivity contribution in [1.82, 2.24) is 14.9 Å². The van der Waals surface area contributed by atoms with E-state index < -0.39 is 0 Å². The molecule has 2 rings (SSSR count). The summed E-state index contributed by atoms with van der Waals surface area (Å²) < 4.78 is 2.30. The summed E-state index contributed by atoms with van der Waals surface area (Å²) in [5, 5.41) is 3.70. The van der Waals surface area contributed by atoms with Gasteiger partial charge >= 0.3 is 0 Å². The zero-order valence-electron chi connectivity index (χ0n) is 14.1. The molecule has 0 aliphatic heterocycles. The topological polar surface area (TPSA) is 29.9 Å². The van der Waals surface area contributed by atoms with Crippen LogP contribution in [0.4, 0.5) is 0 Å². The maximum atomic E-state index is 4.65. The molecule has 1 atom stereocenters. The quantitative estimate of drug-likeness (QED) is 0.761. The first-order chi connectivity index (χ1) is 10.3. The van der Waals surface area contributed by atoms with Gasteiger partial charge in [-0.2, -0.15) is 0 Å². The van der Waals surface area contributed by atoms with Crippen molar-refractivity contribution >= 4 is 0 Å². The second-order valence-corrected chi connectivity index (χ2v) is 6.53. The molecule has 0 radical (unpaired) electrons. The molecule has 1 fully saturated rings. The van der Waals surface area contributed by atoms with Crippen LogP contribution in [-0.2, 0) is 6.54 Å². The van der Waals surface area contributed by atoms with Crippen LogP contribution in [0.3, 0.4) is 0 Å². The highest BCUT2D eigenvalue weighted by atomic mass is 15.1. The number of hydrogen-bond acceptors (Lipinski definition) is 2. The molecule has 0 spiro atoms. The molecule has 120 valence electrons. The number of rotatable bonds is 8. The predicted molar refractivity (Wildman–Crippen MR) is 89.3 cm³/mol. The van der Waals surface area contributed by atoms with Crippen LogP contribution in [0.2, 0.25) is 0 Å². The summed E-state index contributed by atoms with van der Waals surface area (Å²) >= 11 is 0. The highest BCUT2D eigenvalue weighted by molar-refractivity contribution is 5.02. The third-order valence-corrected chi connectivity index (χ3v) is 5.12. The van der Waals surface area contributed by atoms with Gasteiger partial charge in [0, 0.05) is 18.9 Å². The molecular weight excluding hydrogens is 258 g/mol. The van der Waals surface area contributed by atoms with E-state index in [0.717, 1.165) is 24.9 Å². The molecular formula is C18H33N3. The van der Waals surface area contributed by atoms with Gasteiger partial charge in [-0.25, -0.2) is 4.98 Å². The highest BCUT2D eigenvalue weighted by Gasteiger charge is 2.30. The zero-order valence-corrected chi connectivity index (χ0v) is 14.1. The van der Waals surface area contributed by atoms with E-state index in [1.54, 1.807) is 0 Å². The standard InChI is InChI=1S/C18H33N3/c1-4-7-8-15-9-11-16(12-10-15)17(19-5-2)18-20-13-14-21(18)6-3/h13-17,19H,4-12H2,1-3H3. The van der Waals surface area contributed by atoms with Gasteiger partial charge in [-0.05, 0) is 38.1 Å². The van der Waals surface area contributed by atoms with E-state index in [1.165, 1.54) is 50.8 Å². The van der Waals surface area contributed by atoms with Gasteiger partial charge in [-0.15, -0.1) is 0 Å². The Morgan fingerprint density at radius 1 is 1.24 bits per heavy atom. The van der Waals surface area contributed by atoms with Crippen molar-refractivity contribution in [2.24, 2.45) is 11.8 Å². The lowest BCUT2D eigenvalue weighted by atomic mass is 9.76. The smallest absolute Gasteiger partial charge is 0.126 e. The Bertz CT molecular complexity index is 391. The summed E-state index contributed by atoms with van der Waals surface area (Å²) in [5.74, 6) is 2.99. The summed E-state index contributed by atoms with van der Waals surface area (Å²) in [4.78, 5) is 4.65. The van der Waals surface area contributed by atoms with Crippen LogP contribution in [0.1, 0.15) is 77.6 Å². The summed E-state index contributed by atoms with van der Waals surface area (Å²) in [5.41, 5.74) is 0. The van der Waals surface area contributed by atoms with E-state index in [1.807, 2.05) is 6.20 Å². The normalized spacial score (nSPS) is 24.1. The predicted octanol–water partition coefficient (Wildman–Crippen LogP) is 4.55.